The Morgan fingerprint density at radius 2 is 1.82 bits per heavy atom. The zero-order valence-corrected chi connectivity index (χ0v) is 13.8. The van der Waals surface area contributed by atoms with Crippen LogP contribution in [0.5, 0.6) is 0 Å². The molecule has 0 bridgehead atoms. The molecule has 0 aromatic carbocycles. The molecule has 4 N–H and O–H groups in total. The molecule has 0 aliphatic heterocycles. The monoisotopic (exact) mass is 311 g/mol. The lowest BCUT2D eigenvalue weighted by Gasteiger charge is -2.19. The zero-order valence-electron chi connectivity index (χ0n) is 13.8. The van der Waals surface area contributed by atoms with Crippen molar-refractivity contribution < 1.29 is 14.3 Å². The minimum absolute atomic E-state index is 0.0936. The van der Waals surface area contributed by atoms with Crippen LogP contribution in [0.4, 0.5) is 10.5 Å². The van der Waals surface area contributed by atoms with E-state index in [1.54, 1.807) is 32.4 Å². The molecule has 0 fully saturated rings. The van der Waals surface area contributed by atoms with Gasteiger partial charge in [-0.05, 0) is 34.6 Å². The summed E-state index contributed by atoms with van der Waals surface area (Å²) in [6.07, 6.45) is -0.506. The number of rotatable bonds is 5. The molecule has 0 radical (unpaired) electrons. The number of amides is 2. The number of nitrogens with two attached hydrogens (primary N) is 1. The van der Waals surface area contributed by atoms with Gasteiger partial charge in [-0.2, -0.15) is 5.10 Å². The van der Waals surface area contributed by atoms with E-state index in [0.29, 0.717) is 24.5 Å². The Kier molecular flexibility index (Phi) is 5.78. The Labute approximate surface area is 130 Å². The van der Waals surface area contributed by atoms with Crippen LogP contribution < -0.4 is 16.4 Å². The number of anilines is 1. The van der Waals surface area contributed by atoms with Crippen molar-refractivity contribution in [2.24, 2.45) is 0 Å². The van der Waals surface area contributed by atoms with Gasteiger partial charge in [-0.1, -0.05) is 0 Å². The molecule has 0 aliphatic rings. The van der Waals surface area contributed by atoms with E-state index in [1.165, 1.54) is 0 Å². The molecule has 1 aromatic heterocycles. The molecule has 0 saturated heterocycles. The number of alkyl carbamates (subject to hydrolysis) is 1. The van der Waals surface area contributed by atoms with Crippen molar-refractivity contribution in [1.82, 2.24) is 20.4 Å². The number of aryl methyl sites for hydroxylation is 1. The van der Waals surface area contributed by atoms with E-state index < -0.39 is 11.7 Å². The van der Waals surface area contributed by atoms with Gasteiger partial charge in [0, 0.05) is 13.1 Å². The summed E-state index contributed by atoms with van der Waals surface area (Å²) < 4.78 is 6.64. The first-order valence-electron chi connectivity index (χ1n) is 7.13. The smallest absolute Gasteiger partial charge is 0.407 e. The summed E-state index contributed by atoms with van der Waals surface area (Å²) in [4.78, 5) is 23.2. The maximum absolute atomic E-state index is 11.8. The molecular formula is C14H25N5O3. The summed E-state index contributed by atoms with van der Waals surface area (Å²) in [5.74, 6) is -0.198. The fraction of sp³-hybridized carbons (Fsp3) is 0.643. The van der Waals surface area contributed by atoms with Gasteiger partial charge in [-0.25, -0.2) is 4.79 Å². The highest BCUT2D eigenvalue weighted by atomic mass is 16.6. The van der Waals surface area contributed by atoms with E-state index in [9.17, 15) is 9.59 Å². The van der Waals surface area contributed by atoms with Gasteiger partial charge in [0.15, 0.2) is 0 Å². The van der Waals surface area contributed by atoms with Gasteiger partial charge < -0.3 is 21.1 Å². The van der Waals surface area contributed by atoms with E-state index in [2.05, 4.69) is 15.7 Å². The predicted octanol–water partition coefficient (Wildman–Crippen LogP) is 0.723. The van der Waals surface area contributed by atoms with Gasteiger partial charge in [0.1, 0.15) is 12.1 Å². The van der Waals surface area contributed by atoms with Crippen LogP contribution in [0, 0.1) is 13.8 Å². The largest absolute Gasteiger partial charge is 0.444 e. The van der Waals surface area contributed by atoms with E-state index in [0.717, 1.165) is 5.69 Å². The number of ether oxygens (including phenoxy) is 1. The van der Waals surface area contributed by atoms with Crippen LogP contribution in [-0.2, 0) is 16.1 Å². The maximum atomic E-state index is 11.8. The summed E-state index contributed by atoms with van der Waals surface area (Å²) in [7, 11) is 0. The molecule has 8 nitrogen and oxygen atoms in total. The third-order valence-corrected chi connectivity index (χ3v) is 2.85. The van der Waals surface area contributed by atoms with Gasteiger partial charge in [-0.3, -0.25) is 9.48 Å². The molecule has 22 heavy (non-hydrogen) atoms. The third kappa shape index (κ3) is 5.63. The van der Waals surface area contributed by atoms with E-state index in [4.69, 9.17) is 10.5 Å². The highest BCUT2D eigenvalue weighted by Gasteiger charge is 2.15. The van der Waals surface area contributed by atoms with Crippen molar-refractivity contribution in [2.45, 2.75) is 46.8 Å². The molecule has 8 heteroatoms. The predicted molar refractivity (Wildman–Crippen MR) is 83.4 cm³/mol. The van der Waals surface area contributed by atoms with Crippen LogP contribution in [0.1, 0.15) is 32.2 Å². The third-order valence-electron chi connectivity index (χ3n) is 2.85. The van der Waals surface area contributed by atoms with Crippen molar-refractivity contribution in [2.75, 3.05) is 18.8 Å². The lowest BCUT2D eigenvalue weighted by Crippen LogP contribution is -2.38. The van der Waals surface area contributed by atoms with Gasteiger partial charge in [-0.15, -0.1) is 0 Å². The number of nitrogens with one attached hydrogen (secondary N) is 2. The minimum Gasteiger partial charge on any atom is -0.444 e. The first kappa shape index (κ1) is 17.8. The Morgan fingerprint density at radius 1 is 1.23 bits per heavy atom. The molecule has 1 heterocycles. The lowest BCUT2D eigenvalue weighted by molar-refractivity contribution is -0.121. The number of carbonyl (C=O) groups excluding carboxylic acids is 2. The standard InChI is InChI=1S/C14H25N5O3/c1-9-12(15)10(2)19(18-9)8-11(20)16-6-7-17-13(21)22-14(3,4)5/h6-8,15H2,1-5H3,(H,16,20)(H,17,21). The van der Waals surface area contributed by atoms with E-state index in [1.807, 2.05) is 6.92 Å². The maximum Gasteiger partial charge on any atom is 0.407 e. The van der Waals surface area contributed by atoms with Crippen LogP contribution in [0.25, 0.3) is 0 Å². The van der Waals surface area contributed by atoms with Crippen LogP contribution in [0.2, 0.25) is 0 Å². The second-order valence-electron chi connectivity index (χ2n) is 6.02. The first-order chi connectivity index (χ1) is 10.1. The minimum atomic E-state index is -0.539. The van der Waals surface area contributed by atoms with E-state index >= 15 is 0 Å². The molecule has 0 spiro atoms. The van der Waals surface area contributed by atoms with Crippen molar-refractivity contribution >= 4 is 17.7 Å². The average molecular weight is 311 g/mol. The summed E-state index contributed by atoms with van der Waals surface area (Å²) in [5, 5.41) is 9.45. The molecule has 0 unspecified atom stereocenters. The zero-order chi connectivity index (χ0) is 16.9. The molecule has 0 saturated carbocycles. The van der Waals surface area contributed by atoms with E-state index in [-0.39, 0.29) is 12.5 Å². The van der Waals surface area contributed by atoms with Gasteiger partial charge in [0.2, 0.25) is 5.91 Å². The van der Waals surface area contributed by atoms with Gasteiger partial charge >= 0.3 is 6.09 Å². The fourth-order valence-electron chi connectivity index (χ4n) is 1.74. The number of carbonyl (C=O) groups is 2. The summed E-state index contributed by atoms with van der Waals surface area (Å²) in [5.41, 5.74) is 7.33. The van der Waals surface area contributed by atoms with Crippen molar-refractivity contribution in [3.05, 3.63) is 11.4 Å². The number of nitrogens with zero attached hydrogens (tertiary/aromatic N) is 2. The highest BCUT2D eigenvalue weighted by molar-refractivity contribution is 5.76. The average Bonchev–Trinajstić information content (AvgIpc) is 2.60. The van der Waals surface area contributed by atoms with Crippen LogP contribution in [0.15, 0.2) is 0 Å². The van der Waals surface area contributed by atoms with Gasteiger partial charge in [0.05, 0.1) is 17.1 Å². The molecular weight excluding hydrogens is 286 g/mol. The molecule has 0 atom stereocenters. The summed E-state index contributed by atoms with van der Waals surface area (Å²) in [6, 6.07) is 0. The first-order valence-corrected chi connectivity index (χ1v) is 7.13. The van der Waals surface area contributed by atoms with Crippen molar-refractivity contribution in [3.63, 3.8) is 0 Å². The summed E-state index contributed by atoms with van der Waals surface area (Å²) >= 11 is 0. The lowest BCUT2D eigenvalue weighted by atomic mass is 10.2. The number of nitrogen functional groups attached to an aromatic ring is 1. The second kappa shape index (κ2) is 7.15. The molecule has 2 amide bonds. The Morgan fingerprint density at radius 3 is 2.32 bits per heavy atom. The normalized spacial score (nSPS) is 11.1. The fourth-order valence-corrected chi connectivity index (χ4v) is 1.74. The quantitative estimate of drug-likeness (QED) is 0.694. The molecule has 1 rings (SSSR count). The highest BCUT2D eigenvalue weighted by Crippen LogP contribution is 2.14. The van der Waals surface area contributed by atoms with Crippen LogP contribution >= 0.6 is 0 Å². The van der Waals surface area contributed by atoms with Crippen LogP contribution in [-0.4, -0.2) is 40.5 Å². The number of hydrogen-bond donors (Lipinski definition) is 3. The van der Waals surface area contributed by atoms with Crippen molar-refractivity contribution in [1.29, 1.82) is 0 Å². The number of hydrogen-bond acceptors (Lipinski definition) is 5. The molecule has 124 valence electrons. The van der Waals surface area contributed by atoms with Crippen molar-refractivity contribution in [3.8, 4) is 0 Å². The Bertz CT molecular complexity index is 545. The second-order valence-corrected chi connectivity index (χ2v) is 6.02. The topological polar surface area (TPSA) is 111 Å². The van der Waals surface area contributed by atoms with Crippen LogP contribution in [0.3, 0.4) is 0 Å². The SMILES string of the molecule is Cc1nn(CC(=O)NCCNC(=O)OC(C)(C)C)c(C)c1N. The summed E-state index contributed by atoms with van der Waals surface area (Å²) in [6.45, 7) is 9.66. The van der Waals surface area contributed by atoms with Gasteiger partial charge in [0.25, 0.3) is 0 Å². The molecule has 1 aromatic rings. The Hall–Kier alpha value is -2.25. The Balaban J connectivity index is 2.29. The number of aromatic nitrogens is 2. The molecule has 0 aliphatic carbocycles.